The maximum Gasteiger partial charge on any atom is 0.306 e. The number of para-hydroxylation sites is 1. The first-order chi connectivity index (χ1) is 12.1. The van der Waals surface area contributed by atoms with Gasteiger partial charge in [-0.1, -0.05) is 18.2 Å². The number of benzene rings is 1. The summed E-state index contributed by atoms with van der Waals surface area (Å²) in [5.41, 5.74) is 2.11. The topological polar surface area (TPSA) is 84.6 Å². The highest BCUT2D eigenvalue weighted by molar-refractivity contribution is 6.08. The number of anilines is 1. The minimum atomic E-state index is -0.773. The lowest BCUT2D eigenvalue weighted by atomic mass is 9.97. The molecule has 1 fully saturated rings. The maximum atomic E-state index is 12.9. The monoisotopic (exact) mass is 339 g/mol. The first-order valence-electron chi connectivity index (χ1n) is 8.58. The normalized spacial score (nSPS) is 18.4. The van der Waals surface area contributed by atoms with Crippen molar-refractivity contribution in [2.24, 2.45) is 5.92 Å². The van der Waals surface area contributed by atoms with Crippen LogP contribution in [0.1, 0.15) is 24.8 Å². The Bertz CT molecular complexity index is 743. The molecule has 0 saturated carbocycles. The third-order valence-electron chi connectivity index (χ3n) is 4.90. The van der Waals surface area contributed by atoms with Crippen LogP contribution in [-0.4, -0.2) is 41.5 Å². The van der Waals surface area contributed by atoms with Crippen LogP contribution in [-0.2, 0) is 16.0 Å². The summed E-state index contributed by atoms with van der Waals surface area (Å²) in [4.78, 5) is 27.4. The summed E-state index contributed by atoms with van der Waals surface area (Å²) in [6.07, 6.45) is 4.48. The molecule has 0 bridgehead atoms. The van der Waals surface area contributed by atoms with Gasteiger partial charge in [-0.2, -0.15) is 5.26 Å². The number of piperidine rings is 1. The van der Waals surface area contributed by atoms with E-state index in [-0.39, 0.29) is 17.4 Å². The van der Waals surface area contributed by atoms with Crippen LogP contribution in [0.15, 0.2) is 36.0 Å². The minimum Gasteiger partial charge on any atom is -0.481 e. The van der Waals surface area contributed by atoms with E-state index in [1.807, 2.05) is 35.2 Å². The van der Waals surface area contributed by atoms with Crippen LogP contribution in [0.25, 0.3) is 0 Å². The van der Waals surface area contributed by atoms with Gasteiger partial charge in [-0.05, 0) is 37.3 Å². The second-order valence-electron chi connectivity index (χ2n) is 6.49. The molecular weight excluding hydrogens is 318 g/mol. The number of fused-ring (bicyclic) bond motifs is 1. The number of amides is 1. The zero-order chi connectivity index (χ0) is 17.8. The van der Waals surface area contributed by atoms with Gasteiger partial charge in [-0.3, -0.25) is 9.59 Å². The zero-order valence-electron chi connectivity index (χ0n) is 14.0. The molecule has 25 heavy (non-hydrogen) atoms. The first kappa shape index (κ1) is 17.0. The lowest BCUT2D eigenvalue weighted by Gasteiger charge is -2.31. The molecule has 1 amide bonds. The number of rotatable bonds is 3. The molecule has 3 rings (SSSR count). The first-order valence-corrected chi connectivity index (χ1v) is 8.58. The number of carboxylic acid groups (broad SMARTS) is 1. The average Bonchev–Trinajstić information content (AvgIpc) is 2.65. The predicted octanol–water partition coefficient (Wildman–Crippen LogP) is 2.17. The Kier molecular flexibility index (Phi) is 5.03. The molecular formula is C19H21N3O3. The third-order valence-corrected chi connectivity index (χ3v) is 4.90. The summed E-state index contributed by atoms with van der Waals surface area (Å²) in [7, 11) is 0. The predicted molar refractivity (Wildman–Crippen MR) is 92.7 cm³/mol. The van der Waals surface area contributed by atoms with Crippen LogP contribution in [0, 0.1) is 17.2 Å². The van der Waals surface area contributed by atoms with E-state index in [4.69, 9.17) is 5.11 Å². The van der Waals surface area contributed by atoms with Gasteiger partial charge in [0.1, 0.15) is 11.6 Å². The van der Waals surface area contributed by atoms with Crippen molar-refractivity contribution in [1.82, 2.24) is 4.90 Å². The molecule has 1 N–H and O–H groups in total. The lowest BCUT2D eigenvalue weighted by molar-refractivity contribution is -0.143. The molecule has 6 nitrogen and oxygen atoms in total. The molecule has 130 valence electrons. The minimum absolute atomic E-state index is 0.102. The zero-order valence-corrected chi connectivity index (χ0v) is 14.0. The van der Waals surface area contributed by atoms with Gasteiger partial charge < -0.3 is 14.9 Å². The van der Waals surface area contributed by atoms with Gasteiger partial charge in [0.15, 0.2) is 0 Å². The number of carbonyl (C=O) groups is 2. The van der Waals surface area contributed by atoms with Gasteiger partial charge in [-0.15, -0.1) is 0 Å². The number of carboxylic acids is 1. The molecule has 1 aromatic rings. The standard InChI is InChI=1S/C19H21N3O3/c20-12-16(13-21-10-7-15(8-11-21)19(24)25)18(23)22-9-3-5-14-4-1-2-6-17(14)22/h1-2,4,6,13,15H,3,5,7-11H2,(H,24,25)/b16-13-. The molecule has 2 aliphatic rings. The van der Waals surface area contributed by atoms with Crippen molar-refractivity contribution in [3.63, 3.8) is 0 Å². The van der Waals surface area contributed by atoms with Crippen LogP contribution in [0.4, 0.5) is 5.69 Å². The highest BCUT2D eigenvalue weighted by atomic mass is 16.4. The summed E-state index contributed by atoms with van der Waals surface area (Å²) < 4.78 is 0. The van der Waals surface area contributed by atoms with E-state index in [0.29, 0.717) is 32.5 Å². The Morgan fingerprint density at radius 1 is 1.20 bits per heavy atom. The fraction of sp³-hybridized carbons (Fsp3) is 0.421. The molecule has 1 saturated heterocycles. The smallest absolute Gasteiger partial charge is 0.306 e. The molecule has 0 radical (unpaired) electrons. The van der Waals surface area contributed by atoms with E-state index >= 15 is 0 Å². The summed E-state index contributed by atoms with van der Waals surface area (Å²) in [5.74, 6) is -1.39. The number of likely N-dealkylation sites (tertiary alicyclic amines) is 1. The van der Waals surface area contributed by atoms with Crippen LogP contribution in [0.3, 0.4) is 0 Å². The van der Waals surface area contributed by atoms with Crippen molar-refractivity contribution in [3.05, 3.63) is 41.6 Å². The number of nitriles is 1. The van der Waals surface area contributed by atoms with Gasteiger partial charge >= 0.3 is 5.97 Å². The number of hydrogen-bond donors (Lipinski definition) is 1. The van der Waals surface area contributed by atoms with E-state index in [1.54, 1.807) is 11.1 Å². The van der Waals surface area contributed by atoms with Gasteiger partial charge in [-0.25, -0.2) is 0 Å². The molecule has 0 aliphatic carbocycles. The van der Waals surface area contributed by atoms with Crippen LogP contribution in [0.5, 0.6) is 0 Å². The molecule has 0 aromatic heterocycles. The molecule has 0 atom stereocenters. The van der Waals surface area contributed by atoms with Crippen LogP contribution >= 0.6 is 0 Å². The Balaban J connectivity index is 1.75. The van der Waals surface area contributed by atoms with E-state index in [9.17, 15) is 14.9 Å². The number of aryl methyl sites for hydroxylation is 1. The second kappa shape index (κ2) is 7.39. The van der Waals surface area contributed by atoms with Crippen molar-refractivity contribution in [2.45, 2.75) is 25.7 Å². The summed E-state index contributed by atoms with van der Waals surface area (Å²) in [5, 5.41) is 18.5. The highest BCUT2D eigenvalue weighted by Crippen LogP contribution is 2.28. The van der Waals surface area contributed by atoms with Crippen molar-refractivity contribution in [1.29, 1.82) is 5.26 Å². The van der Waals surface area contributed by atoms with E-state index in [0.717, 1.165) is 24.1 Å². The maximum absolute atomic E-state index is 12.9. The van der Waals surface area contributed by atoms with Gasteiger partial charge in [0.25, 0.3) is 5.91 Å². The summed E-state index contributed by atoms with van der Waals surface area (Å²) >= 11 is 0. The van der Waals surface area contributed by atoms with Gasteiger partial charge in [0.05, 0.1) is 5.92 Å². The van der Waals surface area contributed by atoms with E-state index in [1.165, 1.54) is 0 Å². The molecule has 2 heterocycles. The number of aliphatic carboxylic acids is 1. The second-order valence-corrected chi connectivity index (χ2v) is 6.49. The van der Waals surface area contributed by atoms with Crippen molar-refractivity contribution >= 4 is 17.6 Å². The van der Waals surface area contributed by atoms with E-state index in [2.05, 4.69) is 0 Å². The van der Waals surface area contributed by atoms with Crippen molar-refractivity contribution in [3.8, 4) is 6.07 Å². The Hall–Kier alpha value is -2.81. The fourth-order valence-electron chi connectivity index (χ4n) is 3.48. The third kappa shape index (κ3) is 3.66. The Morgan fingerprint density at radius 2 is 1.92 bits per heavy atom. The molecule has 0 spiro atoms. The van der Waals surface area contributed by atoms with Crippen LogP contribution in [0.2, 0.25) is 0 Å². The molecule has 1 aromatic carbocycles. The quantitative estimate of drug-likeness (QED) is 0.674. The molecule has 0 unspecified atom stereocenters. The van der Waals surface area contributed by atoms with Crippen LogP contribution < -0.4 is 4.90 Å². The largest absolute Gasteiger partial charge is 0.481 e. The molecule has 2 aliphatic heterocycles. The van der Waals surface area contributed by atoms with E-state index < -0.39 is 5.97 Å². The fourth-order valence-corrected chi connectivity index (χ4v) is 3.48. The summed E-state index contributed by atoms with van der Waals surface area (Å²) in [6, 6.07) is 9.81. The van der Waals surface area contributed by atoms with Gasteiger partial charge in [0.2, 0.25) is 0 Å². The van der Waals surface area contributed by atoms with Crippen molar-refractivity contribution in [2.75, 3.05) is 24.5 Å². The number of hydrogen-bond acceptors (Lipinski definition) is 4. The number of nitrogens with zero attached hydrogens (tertiary/aromatic N) is 3. The summed E-state index contributed by atoms with van der Waals surface area (Å²) in [6.45, 7) is 1.70. The number of carbonyl (C=O) groups excluding carboxylic acids is 1. The average molecular weight is 339 g/mol. The highest BCUT2D eigenvalue weighted by Gasteiger charge is 2.27. The Labute approximate surface area is 147 Å². The lowest BCUT2D eigenvalue weighted by Crippen LogP contribution is -2.38. The van der Waals surface area contributed by atoms with Crippen molar-refractivity contribution < 1.29 is 14.7 Å². The molecule has 6 heteroatoms. The Morgan fingerprint density at radius 3 is 2.60 bits per heavy atom. The van der Waals surface area contributed by atoms with Gasteiger partial charge in [0, 0.05) is 31.5 Å². The SMILES string of the molecule is N#C/C(=C/N1CCC(C(=O)O)CC1)C(=O)N1CCCc2ccccc21.